The van der Waals surface area contributed by atoms with E-state index in [1.807, 2.05) is 6.92 Å². The van der Waals surface area contributed by atoms with Crippen molar-refractivity contribution < 1.29 is 14.3 Å². The van der Waals surface area contributed by atoms with Crippen molar-refractivity contribution in [1.29, 1.82) is 0 Å². The second-order valence-electron chi connectivity index (χ2n) is 5.28. The predicted molar refractivity (Wildman–Crippen MR) is 93.1 cm³/mol. The molecule has 0 atom stereocenters. The van der Waals surface area contributed by atoms with E-state index < -0.39 is 0 Å². The standard InChI is InChI=1S/C18H28N2O3/c1-4-6-7-8-12-19-18(23-13-5-2)20-17(21)15-10-9-11-16(14-15)22-3/h9-11,14H,4-8,12-13H2,1-3H3,(H,19,20,21). The van der Waals surface area contributed by atoms with E-state index in [-0.39, 0.29) is 5.91 Å². The van der Waals surface area contributed by atoms with Gasteiger partial charge in [0.25, 0.3) is 11.9 Å². The summed E-state index contributed by atoms with van der Waals surface area (Å²) in [6.07, 6.45) is 5.41. The Hall–Kier alpha value is -2.04. The van der Waals surface area contributed by atoms with Crippen LogP contribution in [0.25, 0.3) is 0 Å². The lowest BCUT2D eigenvalue weighted by atomic mass is 10.2. The molecule has 23 heavy (non-hydrogen) atoms. The molecule has 0 bridgehead atoms. The van der Waals surface area contributed by atoms with Crippen LogP contribution in [0.1, 0.15) is 56.3 Å². The molecule has 1 amide bonds. The number of carbonyl (C=O) groups is 1. The Morgan fingerprint density at radius 3 is 2.70 bits per heavy atom. The minimum atomic E-state index is -0.243. The zero-order chi connectivity index (χ0) is 16.9. The lowest BCUT2D eigenvalue weighted by molar-refractivity contribution is 0.0965. The third-order valence-electron chi connectivity index (χ3n) is 3.26. The third kappa shape index (κ3) is 7.68. The lowest BCUT2D eigenvalue weighted by Gasteiger charge is -2.10. The van der Waals surface area contributed by atoms with Crippen LogP contribution in [0.5, 0.6) is 5.75 Å². The molecule has 1 N–H and O–H groups in total. The molecule has 0 fully saturated rings. The van der Waals surface area contributed by atoms with Gasteiger partial charge < -0.3 is 9.47 Å². The number of amidine groups is 1. The maximum Gasteiger partial charge on any atom is 0.291 e. The van der Waals surface area contributed by atoms with Gasteiger partial charge in [-0.15, -0.1) is 0 Å². The Morgan fingerprint density at radius 2 is 2.00 bits per heavy atom. The van der Waals surface area contributed by atoms with Gasteiger partial charge in [-0.05, 0) is 31.0 Å². The largest absolute Gasteiger partial charge is 0.497 e. The number of unbranched alkanes of at least 4 members (excludes halogenated alkanes) is 3. The van der Waals surface area contributed by atoms with Crippen molar-refractivity contribution in [3.05, 3.63) is 29.8 Å². The van der Waals surface area contributed by atoms with Gasteiger partial charge in [-0.25, -0.2) is 4.99 Å². The van der Waals surface area contributed by atoms with Crippen molar-refractivity contribution >= 4 is 11.9 Å². The fraction of sp³-hybridized carbons (Fsp3) is 0.556. The molecule has 1 rings (SSSR count). The lowest BCUT2D eigenvalue weighted by Crippen LogP contribution is -2.33. The van der Waals surface area contributed by atoms with Crippen molar-refractivity contribution in [1.82, 2.24) is 5.32 Å². The zero-order valence-corrected chi connectivity index (χ0v) is 14.4. The van der Waals surface area contributed by atoms with Gasteiger partial charge in [0.2, 0.25) is 0 Å². The molecule has 0 aliphatic rings. The Balaban J connectivity index is 2.63. The van der Waals surface area contributed by atoms with E-state index in [1.165, 1.54) is 12.8 Å². The second-order valence-corrected chi connectivity index (χ2v) is 5.28. The van der Waals surface area contributed by atoms with Gasteiger partial charge >= 0.3 is 0 Å². The van der Waals surface area contributed by atoms with Gasteiger partial charge in [0.05, 0.1) is 13.7 Å². The van der Waals surface area contributed by atoms with E-state index in [1.54, 1.807) is 31.4 Å². The quantitative estimate of drug-likeness (QED) is 0.428. The minimum Gasteiger partial charge on any atom is -0.497 e. The van der Waals surface area contributed by atoms with Crippen LogP contribution in [0.4, 0.5) is 0 Å². The first-order valence-corrected chi connectivity index (χ1v) is 8.33. The van der Waals surface area contributed by atoms with Gasteiger partial charge in [0, 0.05) is 12.1 Å². The summed E-state index contributed by atoms with van der Waals surface area (Å²) in [5, 5.41) is 2.74. The molecule has 0 heterocycles. The second kappa shape index (κ2) is 11.5. The highest BCUT2D eigenvalue weighted by molar-refractivity contribution is 6.04. The van der Waals surface area contributed by atoms with E-state index >= 15 is 0 Å². The zero-order valence-electron chi connectivity index (χ0n) is 14.4. The number of carbonyl (C=O) groups excluding carboxylic acids is 1. The minimum absolute atomic E-state index is 0.243. The van der Waals surface area contributed by atoms with Crippen LogP contribution in [0.2, 0.25) is 0 Å². The number of methoxy groups -OCH3 is 1. The monoisotopic (exact) mass is 320 g/mol. The molecule has 0 aliphatic carbocycles. The van der Waals surface area contributed by atoms with Crippen LogP contribution in [0, 0.1) is 0 Å². The van der Waals surface area contributed by atoms with Crippen molar-refractivity contribution in [2.24, 2.45) is 4.99 Å². The van der Waals surface area contributed by atoms with Crippen LogP contribution in [-0.2, 0) is 4.74 Å². The predicted octanol–water partition coefficient (Wildman–Crippen LogP) is 3.79. The molecule has 0 saturated heterocycles. The summed E-state index contributed by atoms with van der Waals surface area (Å²) in [6, 6.07) is 7.30. The number of nitrogens with zero attached hydrogens (tertiary/aromatic N) is 1. The molecule has 0 saturated carbocycles. The van der Waals surface area contributed by atoms with Gasteiger partial charge in [-0.3, -0.25) is 10.1 Å². The van der Waals surface area contributed by atoms with Gasteiger partial charge in [-0.2, -0.15) is 0 Å². The van der Waals surface area contributed by atoms with E-state index in [4.69, 9.17) is 9.47 Å². The first kappa shape index (κ1) is 19.0. The van der Waals surface area contributed by atoms with Gasteiger partial charge in [0.1, 0.15) is 5.75 Å². The first-order valence-electron chi connectivity index (χ1n) is 8.33. The highest BCUT2D eigenvalue weighted by Gasteiger charge is 2.10. The van der Waals surface area contributed by atoms with E-state index in [2.05, 4.69) is 17.2 Å². The molecule has 128 valence electrons. The molecule has 1 aromatic carbocycles. The average molecular weight is 320 g/mol. The van der Waals surface area contributed by atoms with Crippen molar-refractivity contribution in [3.63, 3.8) is 0 Å². The number of aliphatic imine (C=N–C) groups is 1. The van der Waals surface area contributed by atoms with Gasteiger partial charge in [-0.1, -0.05) is 39.2 Å². The normalized spacial score (nSPS) is 11.2. The molecule has 0 unspecified atom stereocenters. The van der Waals surface area contributed by atoms with Crippen LogP contribution in [0.3, 0.4) is 0 Å². The SMILES string of the molecule is CCCCCCN=C(NC(=O)c1cccc(OC)c1)OCCC. The summed E-state index contributed by atoms with van der Waals surface area (Å²) < 4.78 is 10.7. The molecule has 1 aromatic rings. The fourth-order valence-electron chi connectivity index (χ4n) is 1.97. The van der Waals surface area contributed by atoms with Crippen LogP contribution >= 0.6 is 0 Å². The Labute approximate surface area is 139 Å². The molecule has 5 nitrogen and oxygen atoms in total. The number of hydrogen-bond acceptors (Lipinski definition) is 4. The molecule has 0 spiro atoms. The average Bonchev–Trinajstić information content (AvgIpc) is 2.59. The number of nitrogens with one attached hydrogen (secondary N) is 1. The topological polar surface area (TPSA) is 59.9 Å². The Morgan fingerprint density at radius 1 is 1.17 bits per heavy atom. The molecule has 0 radical (unpaired) electrons. The molecule has 0 aromatic heterocycles. The maximum atomic E-state index is 12.3. The summed E-state index contributed by atoms with van der Waals surface area (Å²) in [7, 11) is 1.57. The fourth-order valence-corrected chi connectivity index (χ4v) is 1.97. The summed E-state index contributed by atoms with van der Waals surface area (Å²) >= 11 is 0. The van der Waals surface area contributed by atoms with Gasteiger partial charge in [0.15, 0.2) is 0 Å². The van der Waals surface area contributed by atoms with Crippen LogP contribution in [-0.4, -0.2) is 32.2 Å². The number of amides is 1. The number of hydrogen-bond donors (Lipinski definition) is 1. The summed E-state index contributed by atoms with van der Waals surface area (Å²) in [5.74, 6) is 0.400. The Bertz CT molecular complexity index is 501. The molecular weight excluding hydrogens is 292 g/mol. The maximum absolute atomic E-state index is 12.3. The Kier molecular flexibility index (Phi) is 9.52. The molecule has 0 aliphatic heterocycles. The number of rotatable bonds is 9. The van der Waals surface area contributed by atoms with Crippen molar-refractivity contribution in [2.45, 2.75) is 46.0 Å². The first-order chi connectivity index (χ1) is 11.2. The van der Waals surface area contributed by atoms with Crippen LogP contribution in [0.15, 0.2) is 29.3 Å². The van der Waals surface area contributed by atoms with E-state index in [0.29, 0.717) is 30.5 Å². The summed E-state index contributed by atoms with van der Waals surface area (Å²) in [6.45, 7) is 5.39. The van der Waals surface area contributed by atoms with Crippen molar-refractivity contribution in [3.8, 4) is 5.75 Å². The van der Waals surface area contributed by atoms with E-state index in [9.17, 15) is 4.79 Å². The highest BCUT2D eigenvalue weighted by Crippen LogP contribution is 2.12. The number of ether oxygens (including phenoxy) is 2. The highest BCUT2D eigenvalue weighted by atomic mass is 16.5. The molecule has 5 heteroatoms. The summed E-state index contributed by atoms with van der Waals surface area (Å²) in [5.41, 5.74) is 0.517. The smallest absolute Gasteiger partial charge is 0.291 e. The third-order valence-corrected chi connectivity index (χ3v) is 3.26. The van der Waals surface area contributed by atoms with E-state index in [0.717, 1.165) is 19.3 Å². The van der Waals surface area contributed by atoms with Crippen molar-refractivity contribution in [2.75, 3.05) is 20.3 Å². The molecular formula is C18H28N2O3. The summed E-state index contributed by atoms with van der Waals surface area (Å²) in [4.78, 5) is 16.7. The van der Waals surface area contributed by atoms with Crippen LogP contribution < -0.4 is 10.1 Å². The number of benzene rings is 1.